The van der Waals surface area contributed by atoms with Gasteiger partial charge in [-0.3, -0.25) is 15.7 Å². The predicted molar refractivity (Wildman–Crippen MR) is 116 cm³/mol. The Morgan fingerprint density at radius 1 is 1.30 bits per heavy atom. The van der Waals surface area contributed by atoms with E-state index in [2.05, 4.69) is 15.5 Å². The van der Waals surface area contributed by atoms with Crippen molar-refractivity contribution in [2.45, 2.75) is 26.3 Å². The van der Waals surface area contributed by atoms with Crippen molar-refractivity contribution in [1.29, 1.82) is 0 Å². The SMILES string of the molecule is CCC(N=C(/C=C/c1ccc(-n2cnc(C)c2)c(OC)c1)NO)c1ccc(F)cc1. The molecule has 1 atom stereocenters. The molecule has 0 saturated heterocycles. The summed E-state index contributed by atoms with van der Waals surface area (Å²) in [6, 6.07) is 11.8. The van der Waals surface area contributed by atoms with E-state index in [0.717, 1.165) is 22.5 Å². The molecule has 0 aliphatic rings. The van der Waals surface area contributed by atoms with Crippen molar-refractivity contribution in [1.82, 2.24) is 15.0 Å². The van der Waals surface area contributed by atoms with E-state index in [1.807, 2.05) is 48.9 Å². The molecule has 6 nitrogen and oxygen atoms in total. The lowest BCUT2D eigenvalue weighted by molar-refractivity contribution is 0.234. The number of hydrogen-bond acceptors (Lipinski definition) is 4. The Bertz CT molecular complexity index is 1040. The number of hydrogen-bond donors (Lipinski definition) is 2. The van der Waals surface area contributed by atoms with Gasteiger partial charge < -0.3 is 9.30 Å². The van der Waals surface area contributed by atoms with Crippen LogP contribution in [-0.4, -0.2) is 27.7 Å². The van der Waals surface area contributed by atoms with Crippen molar-refractivity contribution in [2.24, 2.45) is 4.99 Å². The number of hydroxylamine groups is 1. The summed E-state index contributed by atoms with van der Waals surface area (Å²) in [5.74, 6) is 0.712. The van der Waals surface area contributed by atoms with Gasteiger partial charge in [0.25, 0.3) is 0 Å². The van der Waals surface area contributed by atoms with Crippen molar-refractivity contribution in [3.8, 4) is 11.4 Å². The standard InChI is InChI=1S/C23H25FN4O2/c1-4-20(18-7-9-19(24)10-8-18)26-23(27-29)12-6-17-5-11-21(22(13-17)30-3)28-14-16(2)25-15-28/h5-15,20,29H,4H2,1-3H3,(H,26,27)/b12-6+. The van der Waals surface area contributed by atoms with Crippen LogP contribution in [0, 0.1) is 12.7 Å². The average Bonchev–Trinajstić information content (AvgIpc) is 3.20. The number of rotatable bonds is 7. The molecule has 1 heterocycles. The molecule has 3 rings (SSSR count). The molecule has 0 bridgehead atoms. The Hall–Kier alpha value is -3.45. The molecule has 1 aromatic heterocycles. The quantitative estimate of drug-likeness (QED) is 0.332. The topological polar surface area (TPSA) is 71.7 Å². The lowest BCUT2D eigenvalue weighted by Crippen LogP contribution is -2.17. The highest BCUT2D eigenvalue weighted by atomic mass is 19.1. The van der Waals surface area contributed by atoms with Crippen molar-refractivity contribution in [2.75, 3.05) is 7.11 Å². The summed E-state index contributed by atoms with van der Waals surface area (Å²) < 4.78 is 20.6. The van der Waals surface area contributed by atoms with E-state index in [0.29, 0.717) is 18.0 Å². The molecule has 0 amide bonds. The normalized spacial score (nSPS) is 12.9. The molecule has 0 radical (unpaired) electrons. The van der Waals surface area contributed by atoms with Gasteiger partial charge in [0.1, 0.15) is 17.4 Å². The lowest BCUT2D eigenvalue weighted by atomic mass is 10.1. The number of halogens is 1. The van der Waals surface area contributed by atoms with Crippen molar-refractivity contribution in [3.63, 3.8) is 0 Å². The fraction of sp³-hybridized carbons (Fsp3) is 0.217. The molecule has 2 N–H and O–H groups in total. The third kappa shape index (κ3) is 5.12. The Labute approximate surface area is 175 Å². The van der Waals surface area contributed by atoms with Crippen LogP contribution in [0.5, 0.6) is 5.75 Å². The Morgan fingerprint density at radius 3 is 2.67 bits per heavy atom. The van der Waals surface area contributed by atoms with Gasteiger partial charge in [0.2, 0.25) is 0 Å². The zero-order valence-corrected chi connectivity index (χ0v) is 17.2. The van der Waals surface area contributed by atoms with Gasteiger partial charge in [0.15, 0.2) is 0 Å². The molecular formula is C23H25FN4O2. The van der Waals surface area contributed by atoms with Gasteiger partial charge in [-0.1, -0.05) is 31.2 Å². The van der Waals surface area contributed by atoms with Gasteiger partial charge in [-0.05, 0) is 54.8 Å². The van der Waals surface area contributed by atoms with Gasteiger partial charge in [-0.25, -0.2) is 9.37 Å². The summed E-state index contributed by atoms with van der Waals surface area (Å²) >= 11 is 0. The monoisotopic (exact) mass is 408 g/mol. The molecule has 0 saturated carbocycles. The minimum absolute atomic E-state index is 0.203. The molecule has 3 aromatic rings. The van der Waals surface area contributed by atoms with Crippen LogP contribution >= 0.6 is 0 Å². The summed E-state index contributed by atoms with van der Waals surface area (Å²) in [5.41, 5.74) is 5.69. The summed E-state index contributed by atoms with van der Waals surface area (Å²) in [5, 5.41) is 9.51. The summed E-state index contributed by atoms with van der Waals surface area (Å²) in [6.45, 7) is 3.91. The fourth-order valence-corrected chi connectivity index (χ4v) is 3.10. The van der Waals surface area contributed by atoms with Crippen LogP contribution in [0.2, 0.25) is 0 Å². The van der Waals surface area contributed by atoms with Crippen LogP contribution in [0.15, 0.2) is 66.1 Å². The van der Waals surface area contributed by atoms with Crippen LogP contribution in [0.25, 0.3) is 11.8 Å². The van der Waals surface area contributed by atoms with E-state index in [9.17, 15) is 9.60 Å². The second-order valence-corrected chi connectivity index (χ2v) is 6.79. The van der Waals surface area contributed by atoms with Crippen molar-refractivity contribution in [3.05, 3.63) is 83.7 Å². The number of imidazole rings is 1. The average molecular weight is 408 g/mol. The molecule has 0 spiro atoms. The number of ether oxygens (including phenoxy) is 1. The third-order valence-corrected chi connectivity index (χ3v) is 4.68. The minimum atomic E-state index is -0.291. The summed E-state index contributed by atoms with van der Waals surface area (Å²) in [6.07, 6.45) is 7.88. The first kappa shape index (κ1) is 21.3. The number of nitrogens with zero attached hydrogens (tertiary/aromatic N) is 3. The van der Waals surface area contributed by atoms with Crippen molar-refractivity contribution < 1.29 is 14.3 Å². The van der Waals surface area contributed by atoms with Crippen molar-refractivity contribution >= 4 is 11.9 Å². The van der Waals surface area contributed by atoms with Crippen LogP contribution in [0.3, 0.4) is 0 Å². The van der Waals surface area contributed by atoms with Gasteiger partial charge in [0, 0.05) is 6.20 Å². The number of aliphatic imine (C=N–C) groups is 1. The number of benzene rings is 2. The second kappa shape index (κ2) is 9.84. The molecule has 0 aliphatic carbocycles. The van der Waals surface area contributed by atoms with Crippen LogP contribution in [0.4, 0.5) is 4.39 Å². The molecule has 156 valence electrons. The first-order chi connectivity index (χ1) is 14.5. The Morgan fingerprint density at radius 2 is 2.07 bits per heavy atom. The molecule has 1 unspecified atom stereocenters. The maximum atomic E-state index is 13.2. The van der Waals surface area contributed by atoms with E-state index in [1.54, 1.807) is 31.6 Å². The Kier molecular flexibility index (Phi) is 6.98. The molecular weight excluding hydrogens is 383 g/mol. The number of nitrogens with one attached hydrogen (secondary N) is 1. The second-order valence-electron chi connectivity index (χ2n) is 6.79. The molecule has 7 heteroatoms. The fourth-order valence-electron chi connectivity index (χ4n) is 3.10. The number of aromatic nitrogens is 2. The largest absolute Gasteiger partial charge is 0.495 e. The highest BCUT2D eigenvalue weighted by molar-refractivity contribution is 5.95. The first-order valence-electron chi connectivity index (χ1n) is 9.64. The minimum Gasteiger partial charge on any atom is -0.495 e. The van der Waals surface area contributed by atoms with Gasteiger partial charge in [-0.2, -0.15) is 0 Å². The molecule has 30 heavy (non-hydrogen) atoms. The van der Waals surface area contributed by atoms with Gasteiger partial charge in [0.05, 0.1) is 30.9 Å². The summed E-state index contributed by atoms with van der Waals surface area (Å²) in [4.78, 5) is 8.79. The smallest absolute Gasteiger partial charge is 0.145 e. The Balaban J connectivity index is 1.83. The number of methoxy groups -OCH3 is 1. The van der Waals surface area contributed by atoms with E-state index in [1.165, 1.54) is 12.1 Å². The lowest BCUT2D eigenvalue weighted by Gasteiger charge is -2.12. The van der Waals surface area contributed by atoms with Crippen LogP contribution in [-0.2, 0) is 0 Å². The van der Waals surface area contributed by atoms with Crippen LogP contribution < -0.4 is 10.2 Å². The van der Waals surface area contributed by atoms with Gasteiger partial charge in [-0.15, -0.1) is 0 Å². The van der Waals surface area contributed by atoms with E-state index < -0.39 is 0 Å². The maximum Gasteiger partial charge on any atom is 0.145 e. The highest BCUT2D eigenvalue weighted by Gasteiger charge is 2.09. The number of amidine groups is 1. The highest BCUT2D eigenvalue weighted by Crippen LogP contribution is 2.25. The first-order valence-corrected chi connectivity index (χ1v) is 9.64. The summed E-state index contributed by atoms with van der Waals surface area (Å²) in [7, 11) is 1.62. The van der Waals surface area contributed by atoms with E-state index >= 15 is 0 Å². The molecule has 2 aromatic carbocycles. The molecule has 0 fully saturated rings. The zero-order chi connectivity index (χ0) is 21.5. The number of aryl methyl sites for hydroxylation is 1. The predicted octanol–water partition coefficient (Wildman–Crippen LogP) is 4.87. The zero-order valence-electron chi connectivity index (χ0n) is 17.2. The van der Waals surface area contributed by atoms with Gasteiger partial charge >= 0.3 is 0 Å². The third-order valence-electron chi connectivity index (χ3n) is 4.68. The molecule has 0 aliphatic heterocycles. The van der Waals surface area contributed by atoms with Crippen LogP contribution in [0.1, 0.15) is 36.2 Å². The van der Waals surface area contributed by atoms with E-state index in [-0.39, 0.29) is 11.9 Å². The van der Waals surface area contributed by atoms with E-state index in [4.69, 9.17) is 4.74 Å². The maximum absolute atomic E-state index is 13.2.